The van der Waals surface area contributed by atoms with Crippen LogP contribution in [-0.4, -0.2) is 46.3 Å². The molecule has 1 saturated heterocycles. The maximum atomic E-state index is 12.8. The molecule has 20 heavy (non-hydrogen) atoms. The van der Waals surface area contributed by atoms with Gasteiger partial charge in [0.25, 0.3) is 0 Å². The van der Waals surface area contributed by atoms with Crippen molar-refractivity contribution in [3.05, 3.63) is 0 Å². The molecular formula is C15H26N2O2S. The van der Waals surface area contributed by atoms with Gasteiger partial charge in [0.05, 0.1) is 0 Å². The van der Waals surface area contributed by atoms with Gasteiger partial charge in [-0.15, -0.1) is 0 Å². The summed E-state index contributed by atoms with van der Waals surface area (Å²) in [6, 6.07) is 0. The molecule has 4 nitrogen and oxygen atoms in total. The Hall–Kier alpha value is -0.710. The van der Waals surface area contributed by atoms with Crippen LogP contribution in [0.5, 0.6) is 0 Å². The molecule has 5 heteroatoms. The van der Waals surface area contributed by atoms with Gasteiger partial charge in [0.15, 0.2) is 0 Å². The van der Waals surface area contributed by atoms with Crippen LogP contribution in [0.3, 0.4) is 0 Å². The van der Waals surface area contributed by atoms with Crippen LogP contribution >= 0.6 is 11.8 Å². The minimum atomic E-state index is -0.765. The molecule has 1 saturated carbocycles. The van der Waals surface area contributed by atoms with E-state index in [1.807, 2.05) is 18.7 Å². The molecule has 2 rings (SSSR count). The Morgan fingerprint density at radius 3 is 2.45 bits per heavy atom. The van der Waals surface area contributed by atoms with Crippen molar-refractivity contribution in [2.75, 3.05) is 18.6 Å². The number of hydrogen-bond acceptors (Lipinski definition) is 3. The van der Waals surface area contributed by atoms with Gasteiger partial charge in [-0.2, -0.15) is 11.8 Å². The standard InChI is InChI=1S/C15H26N2O2S/c1-14(2)13(19)17(10-7-11-20-3)15(12(18)16-14)8-5-4-6-9-15/h4-11H2,1-3H3,(H,16,18). The highest BCUT2D eigenvalue weighted by Crippen LogP contribution is 2.38. The largest absolute Gasteiger partial charge is 0.340 e. The fraction of sp³-hybridized carbons (Fsp3) is 0.867. The van der Waals surface area contributed by atoms with Crippen LogP contribution in [-0.2, 0) is 9.59 Å². The van der Waals surface area contributed by atoms with Gasteiger partial charge in [-0.1, -0.05) is 19.3 Å². The second-order valence-corrected chi connectivity index (χ2v) is 7.46. The number of nitrogens with zero attached hydrogens (tertiary/aromatic N) is 1. The zero-order chi connectivity index (χ0) is 14.8. The number of nitrogens with one attached hydrogen (secondary N) is 1. The molecule has 1 N–H and O–H groups in total. The average molecular weight is 298 g/mol. The third-order valence-electron chi connectivity index (χ3n) is 4.56. The molecule has 0 bridgehead atoms. The predicted octanol–water partition coefficient (Wildman–Crippen LogP) is 2.18. The van der Waals surface area contributed by atoms with Gasteiger partial charge in [0, 0.05) is 6.54 Å². The Kier molecular flexibility index (Phi) is 4.67. The van der Waals surface area contributed by atoms with E-state index in [2.05, 4.69) is 11.6 Å². The van der Waals surface area contributed by atoms with Gasteiger partial charge < -0.3 is 10.2 Å². The van der Waals surface area contributed by atoms with Crippen molar-refractivity contribution in [3.8, 4) is 0 Å². The monoisotopic (exact) mass is 298 g/mol. The van der Waals surface area contributed by atoms with E-state index in [4.69, 9.17) is 0 Å². The summed E-state index contributed by atoms with van der Waals surface area (Å²) in [5.41, 5.74) is -1.33. The second-order valence-electron chi connectivity index (χ2n) is 6.47. The van der Waals surface area contributed by atoms with Crippen molar-refractivity contribution in [2.24, 2.45) is 0 Å². The van der Waals surface area contributed by atoms with E-state index in [9.17, 15) is 9.59 Å². The first-order valence-corrected chi connectivity index (χ1v) is 8.97. The molecule has 0 radical (unpaired) electrons. The van der Waals surface area contributed by atoms with E-state index in [0.717, 1.165) is 37.9 Å². The van der Waals surface area contributed by atoms with E-state index in [1.54, 1.807) is 11.8 Å². The van der Waals surface area contributed by atoms with Crippen LogP contribution in [0.4, 0.5) is 0 Å². The zero-order valence-electron chi connectivity index (χ0n) is 12.8. The van der Waals surface area contributed by atoms with Crippen molar-refractivity contribution in [1.29, 1.82) is 0 Å². The molecule has 114 valence electrons. The lowest BCUT2D eigenvalue weighted by atomic mass is 9.76. The van der Waals surface area contributed by atoms with Crippen LogP contribution in [0.1, 0.15) is 52.4 Å². The highest BCUT2D eigenvalue weighted by Gasteiger charge is 2.54. The number of carbonyl (C=O) groups is 2. The summed E-state index contributed by atoms with van der Waals surface area (Å²) in [4.78, 5) is 27.3. The lowest BCUT2D eigenvalue weighted by Gasteiger charge is -2.52. The van der Waals surface area contributed by atoms with Gasteiger partial charge in [-0.05, 0) is 45.1 Å². The Morgan fingerprint density at radius 2 is 1.85 bits per heavy atom. The van der Waals surface area contributed by atoms with E-state index in [-0.39, 0.29) is 11.8 Å². The van der Waals surface area contributed by atoms with Gasteiger partial charge >= 0.3 is 0 Å². The smallest absolute Gasteiger partial charge is 0.248 e. The lowest BCUT2D eigenvalue weighted by molar-refractivity contribution is -0.164. The number of rotatable bonds is 4. The molecule has 2 fully saturated rings. The summed E-state index contributed by atoms with van der Waals surface area (Å²) < 4.78 is 0. The lowest BCUT2D eigenvalue weighted by Crippen LogP contribution is -2.74. The van der Waals surface area contributed by atoms with Crippen LogP contribution in [0.2, 0.25) is 0 Å². The minimum Gasteiger partial charge on any atom is -0.340 e. The van der Waals surface area contributed by atoms with E-state index in [1.165, 1.54) is 6.42 Å². The first-order valence-electron chi connectivity index (χ1n) is 7.58. The van der Waals surface area contributed by atoms with Gasteiger partial charge in [-0.25, -0.2) is 0 Å². The number of amides is 2. The number of piperazine rings is 1. The molecular weight excluding hydrogens is 272 g/mol. The average Bonchev–Trinajstić information content (AvgIpc) is 2.42. The molecule has 0 unspecified atom stereocenters. The van der Waals surface area contributed by atoms with Crippen LogP contribution in [0.25, 0.3) is 0 Å². The minimum absolute atomic E-state index is 0.0611. The fourth-order valence-corrected chi connectivity index (χ4v) is 3.84. The summed E-state index contributed by atoms with van der Waals surface area (Å²) >= 11 is 1.79. The maximum absolute atomic E-state index is 12.8. The molecule has 2 amide bonds. The first-order chi connectivity index (χ1) is 9.44. The second kappa shape index (κ2) is 5.96. The fourth-order valence-electron chi connectivity index (χ4n) is 3.42. The number of thioether (sulfide) groups is 1. The third kappa shape index (κ3) is 2.69. The Morgan fingerprint density at radius 1 is 1.20 bits per heavy atom. The molecule has 1 aliphatic heterocycles. The SMILES string of the molecule is CSCCCN1C(=O)C(C)(C)NC(=O)C12CCCCC2. The van der Waals surface area contributed by atoms with E-state index < -0.39 is 11.1 Å². The molecule has 0 aromatic heterocycles. The molecule has 0 aromatic rings. The first kappa shape index (κ1) is 15.7. The van der Waals surface area contributed by atoms with Crippen molar-refractivity contribution >= 4 is 23.6 Å². The van der Waals surface area contributed by atoms with Gasteiger partial charge in [-0.3, -0.25) is 9.59 Å². The van der Waals surface area contributed by atoms with Crippen molar-refractivity contribution < 1.29 is 9.59 Å². The molecule has 0 atom stereocenters. The Bertz CT molecular complexity index is 389. The van der Waals surface area contributed by atoms with E-state index in [0.29, 0.717) is 6.54 Å². The van der Waals surface area contributed by atoms with E-state index >= 15 is 0 Å². The number of carbonyl (C=O) groups excluding carboxylic acids is 2. The summed E-state index contributed by atoms with van der Waals surface area (Å²) in [5.74, 6) is 1.17. The molecule has 1 aliphatic carbocycles. The Balaban J connectivity index is 2.25. The summed E-state index contributed by atoms with van der Waals surface area (Å²) in [6.45, 7) is 4.32. The van der Waals surface area contributed by atoms with Crippen molar-refractivity contribution in [2.45, 2.75) is 63.5 Å². The topological polar surface area (TPSA) is 49.4 Å². The molecule has 2 aliphatic rings. The highest BCUT2D eigenvalue weighted by molar-refractivity contribution is 7.98. The molecule has 0 aromatic carbocycles. The summed E-state index contributed by atoms with van der Waals surface area (Å²) in [7, 11) is 0. The Labute approximate surface area is 126 Å². The maximum Gasteiger partial charge on any atom is 0.248 e. The predicted molar refractivity (Wildman–Crippen MR) is 82.7 cm³/mol. The zero-order valence-corrected chi connectivity index (χ0v) is 13.6. The van der Waals surface area contributed by atoms with Crippen molar-refractivity contribution in [1.82, 2.24) is 10.2 Å². The third-order valence-corrected chi connectivity index (χ3v) is 5.25. The summed E-state index contributed by atoms with van der Waals surface area (Å²) in [5, 5.41) is 2.95. The molecule has 1 spiro atoms. The van der Waals surface area contributed by atoms with Gasteiger partial charge in [0.2, 0.25) is 11.8 Å². The van der Waals surface area contributed by atoms with Crippen LogP contribution < -0.4 is 5.32 Å². The van der Waals surface area contributed by atoms with Crippen LogP contribution in [0.15, 0.2) is 0 Å². The quantitative estimate of drug-likeness (QED) is 0.809. The number of hydrogen-bond donors (Lipinski definition) is 1. The molecule has 1 heterocycles. The summed E-state index contributed by atoms with van der Waals surface area (Å²) in [6.07, 6.45) is 7.93. The van der Waals surface area contributed by atoms with Crippen molar-refractivity contribution in [3.63, 3.8) is 0 Å². The normalized spacial score (nSPS) is 24.9. The van der Waals surface area contributed by atoms with Crippen LogP contribution in [0, 0.1) is 0 Å². The van der Waals surface area contributed by atoms with Gasteiger partial charge in [0.1, 0.15) is 11.1 Å². The highest BCUT2D eigenvalue weighted by atomic mass is 32.2.